The summed E-state index contributed by atoms with van der Waals surface area (Å²) in [7, 11) is 1.00. The second kappa shape index (κ2) is 10.7. The molecule has 0 bridgehead atoms. The number of thioether (sulfide) groups is 1. The molecule has 0 unspecified atom stereocenters. The van der Waals surface area contributed by atoms with Gasteiger partial charge >= 0.3 is 0 Å². The third-order valence-electron chi connectivity index (χ3n) is 3.32. The van der Waals surface area contributed by atoms with Crippen LogP contribution in [0.25, 0.3) is 0 Å². The summed E-state index contributed by atoms with van der Waals surface area (Å²) >= 11 is 1.77. The van der Waals surface area contributed by atoms with Crippen molar-refractivity contribution in [2.75, 3.05) is 7.11 Å². The van der Waals surface area contributed by atoms with Crippen LogP contribution >= 0.6 is 11.8 Å². The minimum absolute atomic E-state index is 1.00. The average Bonchev–Trinajstić information content (AvgIpc) is 2.62. The molecule has 0 atom stereocenters. The Morgan fingerprint density at radius 2 is 1.61 bits per heavy atom. The number of allylic oxidation sites excluding steroid dienone is 2. The van der Waals surface area contributed by atoms with E-state index in [2.05, 4.69) is 56.9 Å². The Morgan fingerprint density at radius 3 is 2.22 bits per heavy atom. The highest BCUT2D eigenvalue weighted by Crippen LogP contribution is 2.31. The molecule has 0 fully saturated rings. The molecule has 2 aromatic rings. The molecule has 0 saturated carbocycles. The molecule has 0 aliphatic heterocycles. The number of aliphatic hydroxyl groups is 1. The van der Waals surface area contributed by atoms with Crippen LogP contribution in [0.1, 0.15) is 31.4 Å². The van der Waals surface area contributed by atoms with E-state index in [0.29, 0.717) is 0 Å². The van der Waals surface area contributed by atoms with Gasteiger partial charge in [-0.15, -0.1) is 0 Å². The summed E-state index contributed by atoms with van der Waals surface area (Å²) in [6.07, 6.45) is 1.03. The molecule has 0 saturated heterocycles. The van der Waals surface area contributed by atoms with Crippen molar-refractivity contribution in [3.8, 4) is 11.8 Å². The minimum Gasteiger partial charge on any atom is -0.400 e. The monoisotopic (exact) mass is 324 g/mol. The first kappa shape index (κ1) is 19.1. The highest BCUT2D eigenvalue weighted by molar-refractivity contribution is 8.03. The maximum Gasteiger partial charge on any atom is 0.0614 e. The summed E-state index contributed by atoms with van der Waals surface area (Å²) < 4.78 is 0. The number of benzene rings is 2. The number of hydrogen-bond donors (Lipinski definition) is 1. The predicted molar refractivity (Wildman–Crippen MR) is 101 cm³/mol. The van der Waals surface area contributed by atoms with E-state index in [1.165, 1.54) is 16.0 Å². The number of rotatable bonds is 3. The molecule has 0 heterocycles. The van der Waals surface area contributed by atoms with Gasteiger partial charge in [0.05, 0.1) is 4.91 Å². The molecule has 2 aromatic carbocycles. The Morgan fingerprint density at radius 1 is 1.00 bits per heavy atom. The van der Waals surface area contributed by atoms with Crippen molar-refractivity contribution in [1.82, 2.24) is 0 Å². The maximum absolute atomic E-state index is 7.00. The van der Waals surface area contributed by atoms with Crippen LogP contribution in [0.3, 0.4) is 0 Å². The first-order valence-electron chi connectivity index (χ1n) is 7.65. The lowest BCUT2D eigenvalue weighted by molar-refractivity contribution is 0.399. The second-order valence-corrected chi connectivity index (χ2v) is 6.00. The molecule has 0 aliphatic carbocycles. The minimum atomic E-state index is 1.00. The van der Waals surface area contributed by atoms with Crippen molar-refractivity contribution < 1.29 is 5.11 Å². The first-order chi connectivity index (χ1) is 11.2. The molecule has 0 radical (unpaired) electrons. The maximum atomic E-state index is 7.00. The number of aryl methyl sites for hydroxylation is 1. The zero-order valence-corrected chi connectivity index (χ0v) is 15.1. The van der Waals surface area contributed by atoms with Gasteiger partial charge in [-0.3, -0.25) is 0 Å². The predicted octanol–water partition coefficient (Wildman–Crippen LogP) is 5.43. The van der Waals surface area contributed by atoms with Crippen molar-refractivity contribution >= 4 is 11.8 Å². The van der Waals surface area contributed by atoms with Crippen LogP contribution < -0.4 is 0 Å². The fourth-order valence-electron chi connectivity index (χ4n) is 1.81. The Bertz CT molecular complexity index is 691. The van der Waals surface area contributed by atoms with Crippen molar-refractivity contribution in [3.05, 3.63) is 76.2 Å². The summed E-state index contributed by atoms with van der Waals surface area (Å²) in [4.78, 5) is 2.44. The Hall–Kier alpha value is -1.95. The van der Waals surface area contributed by atoms with Crippen LogP contribution in [-0.4, -0.2) is 12.2 Å². The highest BCUT2D eigenvalue weighted by Gasteiger charge is 2.04. The largest absolute Gasteiger partial charge is 0.400 e. The summed E-state index contributed by atoms with van der Waals surface area (Å²) in [5.74, 6) is 6.63. The Kier molecular flexibility index (Phi) is 8.90. The second-order valence-electron chi connectivity index (χ2n) is 4.95. The van der Waals surface area contributed by atoms with E-state index in [-0.39, 0.29) is 0 Å². The van der Waals surface area contributed by atoms with Gasteiger partial charge in [0, 0.05) is 17.6 Å². The zero-order valence-electron chi connectivity index (χ0n) is 14.3. The zero-order chi connectivity index (χ0) is 17.1. The third kappa shape index (κ3) is 6.36. The lowest BCUT2D eigenvalue weighted by Crippen LogP contribution is -1.84. The number of aliphatic hydroxyl groups excluding tert-OH is 1. The molecule has 0 aliphatic rings. The van der Waals surface area contributed by atoms with Crippen molar-refractivity contribution in [3.63, 3.8) is 0 Å². The van der Waals surface area contributed by atoms with Crippen LogP contribution in [0.15, 0.2) is 70.0 Å². The average molecular weight is 324 g/mol. The van der Waals surface area contributed by atoms with Crippen LogP contribution in [0.5, 0.6) is 0 Å². The summed E-state index contributed by atoms with van der Waals surface area (Å²) in [6, 6.07) is 18.6. The third-order valence-corrected chi connectivity index (χ3v) is 4.65. The van der Waals surface area contributed by atoms with Crippen LogP contribution in [-0.2, 0) is 0 Å². The van der Waals surface area contributed by atoms with Gasteiger partial charge in [-0.25, -0.2) is 0 Å². The fourth-order valence-corrected chi connectivity index (χ4v) is 2.83. The van der Waals surface area contributed by atoms with Gasteiger partial charge in [-0.2, -0.15) is 0 Å². The van der Waals surface area contributed by atoms with E-state index >= 15 is 0 Å². The lowest BCUT2D eigenvalue weighted by Gasteiger charge is -2.07. The number of hydrogen-bond acceptors (Lipinski definition) is 2. The van der Waals surface area contributed by atoms with Crippen molar-refractivity contribution in [2.24, 2.45) is 0 Å². The molecule has 1 nitrogen and oxygen atoms in total. The van der Waals surface area contributed by atoms with Crippen molar-refractivity contribution in [2.45, 2.75) is 32.1 Å². The molecule has 120 valence electrons. The normalized spacial score (nSPS) is 10.7. The molecule has 2 heteroatoms. The molecule has 0 amide bonds. The molecular weight excluding hydrogens is 300 g/mol. The van der Waals surface area contributed by atoms with Gasteiger partial charge in [-0.1, -0.05) is 72.5 Å². The Labute approximate surface area is 144 Å². The quantitative estimate of drug-likeness (QED) is 0.600. The van der Waals surface area contributed by atoms with Gasteiger partial charge in [0.2, 0.25) is 0 Å². The van der Waals surface area contributed by atoms with E-state index in [1.807, 2.05) is 30.3 Å². The van der Waals surface area contributed by atoms with Crippen molar-refractivity contribution in [1.29, 1.82) is 0 Å². The van der Waals surface area contributed by atoms with E-state index in [9.17, 15) is 0 Å². The lowest BCUT2D eigenvalue weighted by atomic mass is 10.2. The first-order valence-corrected chi connectivity index (χ1v) is 8.47. The van der Waals surface area contributed by atoms with E-state index in [0.717, 1.165) is 24.0 Å². The van der Waals surface area contributed by atoms with E-state index < -0.39 is 0 Å². The molecule has 23 heavy (non-hydrogen) atoms. The molecule has 0 aromatic heterocycles. The highest BCUT2D eigenvalue weighted by atomic mass is 32.2. The van der Waals surface area contributed by atoms with Crippen LogP contribution in [0.2, 0.25) is 0 Å². The van der Waals surface area contributed by atoms with Gasteiger partial charge in [0.1, 0.15) is 0 Å². The van der Waals surface area contributed by atoms with Crippen LogP contribution in [0, 0.1) is 18.8 Å². The molecule has 1 N–H and O–H groups in total. The fraction of sp³-hybridized carbons (Fsp3) is 0.238. The Balaban J connectivity index is 0.00000127. The molecular formula is C21H24OS. The topological polar surface area (TPSA) is 20.2 Å². The van der Waals surface area contributed by atoms with E-state index in [4.69, 9.17) is 5.11 Å². The van der Waals surface area contributed by atoms with E-state index in [1.54, 1.807) is 11.8 Å². The van der Waals surface area contributed by atoms with Gasteiger partial charge in [0.15, 0.2) is 0 Å². The van der Waals surface area contributed by atoms with Crippen LogP contribution in [0.4, 0.5) is 0 Å². The summed E-state index contributed by atoms with van der Waals surface area (Å²) in [6.45, 7) is 6.49. The van der Waals surface area contributed by atoms with Gasteiger partial charge < -0.3 is 5.11 Å². The summed E-state index contributed by atoms with van der Waals surface area (Å²) in [5, 5.41) is 7.00. The van der Waals surface area contributed by atoms with Gasteiger partial charge in [-0.05, 0) is 44.0 Å². The molecule has 0 spiro atoms. The smallest absolute Gasteiger partial charge is 0.0614 e. The molecule has 2 rings (SSSR count). The summed E-state index contributed by atoms with van der Waals surface area (Å²) in [5.41, 5.74) is 3.70. The standard InChI is InChI=1S/C20H20S.CH4O/c1-4-16(2)20(15-14-18-11-6-5-7-12-18)21-19-13-9-8-10-17(19)3;1-2/h5-13H,4H2,1-3H3;2H,1H3. The van der Waals surface area contributed by atoms with Gasteiger partial charge in [0.25, 0.3) is 0 Å². The SMILES string of the molecule is CCC(C)=C(C#Cc1ccccc1)Sc1ccccc1C.CO.